The highest BCUT2D eigenvalue weighted by Gasteiger charge is 2.21. The van der Waals surface area contributed by atoms with Crippen LogP contribution < -0.4 is 14.4 Å². The highest BCUT2D eigenvalue weighted by Crippen LogP contribution is 2.31. The molecule has 1 amide bonds. The lowest BCUT2D eigenvalue weighted by Crippen LogP contribution is -2.32. The quantitative estimate of drug-likeness (QED) is 0.602. The van der Waals surface area contributed by atoms with Crippen LogP contribution in [0.25, 0.3) is 0 Å². The summed E-state index contributed by atoms with van der Waals surface area (Å²) in [7, 11) is -2.01. The molecule has 0 aliphatic rings. The number of halogens is 2. The van der Waals surface area contributed by atoms with E-state index in [-0.39, 0.29) is 29.9 Å². The van der Waals surface area contributed by atoms with Crippen LogP contribution in [0.3, 0.4) is 0 Å². The number of hydrogen-bond acceptors (Lipinski definition) is 4. The number of carbonyl (C=O) groups excluding carboxylic acids is 1. The maximum absolute atomic E-state index is 12.3. The van der Waals surface area contributed by atoms with E-state index in [2.05, 4.69) is 5.32 Å². The van der Waals surface area contributed by atoms with Crippen molar-refractivity contribution >= 4 is 44.8 Å². The Morgan fingerprint density at radius 3 is 2.55 bits per heavy atom. The number of nitrogens with zero attached hydrogens (tertiary/aromatic N) is 1. The molecule has 2 aromatic rings. The third kappa shape index (κ3) is 6.52. The van der Waals surface area contributed by atoms with Crippen molar-refractivity contribution in [2.45, 2.75) is 25.8 Å². The fraction of sp³-hybridized carbons (Fsp3) is 0.350. The maximum atomic E-state index is 12.3. The van der Waals surface area contributed by atoms with Gasteiger partial charge in [-0.05, 0) is 37.6 Å². The highest BCUT2D eigenvalue weighted by molar-refractivity contribution is 7.92. The van der Waals surface area contributed by atoms with E-state index >= 15 is 0 Å². The molecule has 0 bridgehead atoms. The Morgan fingerprint density at radius 1 is 1.21 bits per heavy atom. The van der Waals surface area contributed by atoms with Crippen molar-refractivity contribution in [1.82, 2.24) is 5.32 Å². The lowest BCUT2D eigenvalue weighted by atomic mass is 10.1. The molecule has 1 N–H and O–H groups in total. The third-order valence-electron chi connectivity index (χ3n) is 4.33. The van der Waals surface area contributed by atoms with Crippen LogP contribution in [0.2, 0.25) is 10.0 Å². The van der Waals surface area contributed by atoms with Crippen molar-refractivity contribution in [3.05, 3.63) is 58.1 Å². The first-order valence-electron chi connectivity index (χ1n) is 8.98. The lowest BCUT2D eigenvalue weighted by molar-refractivity contribution is -0.121. The van der Waals surface area contributed by atoms with Crippen LogP contribution in [0.15, 0.2) is 42.5 Å². The molecule has 6 nitrogen and oxygen atoms in total. The molecule has 0 radical (unpaired) electrons. The molecule has 2 aromatic carbocycles. The Hall–Kier alpha value is -1.96. The van der Waals surface area contributed by atoms with Gasteiger partial charge >= 0.3 is 0 Å². The Labute approximate surface area is 181 Å². The van der Waals surface area contributed by atoms with Crippen molar-refractivity contribution in [2.75, 3.05) is 24.2 Å². The molecule has 0 saturated carbocycles. The number of para-hydroxylation sites is 1. The third-order valence-corrected chi connectivity index (χ3v) is 6.06. The predicted molar refractivity (Wildman–Crippen MR) is 117 cm³/mol. The Bertz CT molecular complexity index is 967. The first-order chi connectivity index (χ1) is 13.6. The maximum Gasteiger partial charge on any atom is 0.232 e. The smallest absolute Gasteiger partial charge is 0.232 e. The van der Waals surface area contributed by atoms with Gasteiger partial charge in [0.2, 0.25) is 15.9 Å². The standard InChI is InChI=1S/C20H24Cl2N2O4S/c1-14(16-7-4-5-8-19(16)28-2)23-20(25)9-6-12-24(29(3,26)27)18-13-15(21)10-11-17(18)22/h4-5,7-8,10-11,13-14H,6,9,12H2,1-3H3,(H,23,25). The summed E-state index contributed by atoms with van der Waals surface area (Å²) >= 11 is 12.1. The number of rotatable bonds is 9. The van der Waals surface area contributed by atoms with Crippen molar-refractivity contribution in [3.63, 3.8) is 0 Å². The Kier molecular flexibility index (Phi) is 8.19. The van der Waals surface area contributed by atoms with Gasteiger partial charge in [0, 0.05) is 23.6 Å². The molecule has 2 rings (SSSR count). The first kappa shape index (κ1) is 23.3. The van der Waals surface area contributed by atoms with E-state index in [0.29, 0.717) is 22.9 Å². The van der Waals surface area contributed by atoms with E-state index in [1.54, 1.807) is 19.2 Å². The number of methoxy groups -OCH3 is 1. The zero-order valence-electron chi connectivity index (χ0n) is 16.5. The number of anilines is 1. The summed E-state index contributed by atoms with van der Waals surface area (Å²) in [6.45, 7) is 1.97. The van der Waals surface area contributed by atoms with Gasteiger partial charge in [0.15, 0.2) is 0 Å². The molecule has 158 valence electrons. The summed E-state index contributed by atoms with van der Waals surface area (Å²) in [4.78, 5) is 12.3. The molecule has 0 heterocycles. The zero-order chi connectivity index (χ0) is 21.6. The Morgan fingerprint density at radius 2 is 1.90 bits per heavy atom. The monoisotopic (exact) mass is 458 g/mol. The van der Waals surface area contributed by atoms with Gasteiger partial charge in [0.05, 0.1) is 30.1 Å². The van der Waals surface area contributed by atoms with E-state index in [9.17, 15) is 13.2 Å². The van der Waals surface area contributed by atoms with Gasteiger partial charge < -0.3 is 10.1 Å². The molecule has 29 heavy (non-hydrogen) atoms. The number of carbonyl (C=O) groups is 1. The number of sulfonamides is 1. The summed E-state index contributed by atoms with van der Waals surface area (Å²) in [6.07, 6.45) is 1.57. The number of hydrogen-bond donors (Lipinski definition) is 1. The van der Waals surface area contributed by atoms with Crippen molar-refractivity contribution < 1.29 is 17.9 Å². The molecule has 0 aromatic heterocycles. The van der Waals surface area contributed by atoms with Crippen LogP contribution in [0.5, 0.6) is 5.75 Å². The van der Waals surface area contributed by atoms with E-state index in [4.69, 9.17) is 27.9 Å². The van der Waals surface area contributed by atoms with Gasteiger partial charge in [0.25, 0.3) is 0 Å². The Balaban J connectivity index is 2.00. The molecular weight excluding hydrogens is 435 g/mol. The van der Waals surface area contributed by atoms with Gasteiger partial charge in [-0.3, -0.25) is 9.10 Å². The molecule has 0 spiro atoms. The SMILES string of the molecule is COc1ccccc1C(C)NC(=O)CCCN(c1cc(Cl)ccc1Cl)S(C)(=O)=O. The lowest BCUT2D eigenvalue weighted by Gasteiger charge is -2.24. The van der Waals surface area contributed by atoms with Crippen LogP contribution in [0.1, 0.15) is 31.4 Å². The fourth-order valence-corrected chi connectivity index (χ4v) is 4.35. The average Bonchev–Trinajstić information content (AvgIpc) is 2.66. The first-order valence-corrected chi connectivity index (χ1v) is 11.6. The minimum atomic E-state index is -3.59. The second kappa shape index (κ2) is 10.2. The van der Waals surface area contributed by atoms with Crippen LogP contribution in [0.4, 0.5) is 5.69 Å². The van der Waals surface area contributed by atoms with Crippen LogP contribution in [-0.2, 0) is 14.8 Å². The molecule has 9 heteroatoms. The predicted octanol–water partition coefficient (Wildman–Crippen LogP) is 4.43. The molecule has 1 unspecified atom stereocenters. The van der Waals surface area contributed by atoms with Gasteiger partial charge in [-0.25, -0.2) is 8.42 Å². The van der Waals surface area contributed by atoms with Crippen molar-refractivity contribution in [2.24, 2.45) is 0 Å². The minimum Gasteiger partial charge on any atom is -0.496 e. The average molecular weight is 459 g/mol. The summed E-state index contributed by atoms with van der Waals surface area (Å²) in [5, 5.41) is 3.56. The van der Waals surface area contributed by atoms with Crippen LogP contribution >= 0.6 is 23.2 Å². The van der Waals surface area contributed by atoms with Gasteiger partial charge in [0.1, 0.15) is 5.75 Å². The van der Waals surface area contributed by atoms with Crippen molar-refractivity contribution in [1.29, 1.82) is 0 Å². The molecule has 0 aliphatic heterocycles. The summed E-state index contributed by atoms with van der Waals surface area (Å²) in [5.41, 5.74) is 1.16. The minimum absolute atomic E-state index is 0.107. The van der Waals surface area contributed by atoms with E-state index in [1.165, 1.54) is 6.07 Å². The van der Waals surface area contributed by atoms with Gasteiger partial charge in [-0.1, -0.05) is 41.4 Å². The summed E-state index contributed by atoms with van der Waals surface area (Å²) < 4.78 is 30.9. The van der Waals surface area contributed by atoms with Crippen LogP contribution in [-0.4, -0.2) is 34.2 Å². The molecular formula is C20H24Cl2N2O4S. The number of benzene rings is 2. The van der Waals surface area contributed by atoms with Gasteiger partial charge in [-0.2, -0.15) is 0 Å². The fourth-order valence-electron chi connectivity index (χ4n) is 2.94. The number of ether oxygens (including phenoxy) is 1. The largest absolute Gasteiger partial charge is 0.496 e. The second-order valence-electron chi connectivity index (χ2n) is 6.57. The molecule has 0 aliphatic carbocycles. The van der Waals surface area contributed by atoms with E-state index in [0.717, 1.165) is 16.1 Å². The summed E-state index contributed by atoms with van der Waals surface area (Å²) in [5.74, 6) is 0.508. The molecule has 1 atom stereocenters. The topological polar surface area (TPSA) is 75.7 Å². The molecule has 0 fully saturated rings. The number of amides is 1. The molecule has 0 saturated heterocycles. The van der Waals surface area contributed by atoms with E-state index < -0.39 is 10.0 Å². The number of nitrogens with one attached hydrogen (secondary N) is 1. The zero-order valence-corrected chi connectivity index (χ0v) is 18.8. The normalized spacial score (nSPS) is 12.3. The highest BCUT2D eigenvalue weighted by atomic mass is 35.5. The van der Waals surface area contributed by atoms with Gasteiger partial charge in [-0.15, -0.1) is 0 Å². The van der Waals surface area contributed by atoms with E-state index in [1.807, 2.05) is 31.2 Å². The summed E-state index contributed by atoms with van der Waals surface area (Å²) in [6, 6.07) is 11.8. The second-order valence-corrected chi connectivity index (χ2v) is 9.32. The van der Waals surface area contributed by atoms with Crippen LogP contribution in [0, 0.1) is 0 Å². The van der Waals surface area contributed by atoms with Crippen molar-refractivity contribution in [3.8, 4) is 5.75 Å².